The summed E-state index contributed by atoms with van der Waals surface area (Å²) >= 11 is 0. The quantitative estimate of drug-likeness (QED) is 0.523. The van der Waals surface area contributed by atoms with Crippen LogP contribution >= 0.6 is 0 Å². The van der Waals surface area contributed by atoms with Crippen molar-refractivity contribution in [3.8, 4) is 11.6 Å². The van der Waals surface area contributed by atoms with Gasteiger partial charge in [0, 0.05) is 0 Å². The standard InChI is InChI=1S/C19H15F3N4O2/c1-27-17-10-23-12-24-18(17)28-11-13-2-6-15(7-3-13)25-26-16-8-4-14(5-9-16)19(20,21)22/h2-10,12H,11H2,1H3. The van der Waals surface area contributed by atoms with Gasteiger partial charge in [-0.1, -0.05) is 12.1 Å². The van der Waals surface area contributed by atoms with Gasteiger partial charge >= 0.3 is 6.18 Å². The van der Waals surface area contributed by atoms with E-state index in [0.29, 0.717) is 23.0 Å². The number of alkyl halides is 3. The lowest BCUT2D eigenvalue weighted by molar-refractivity contribution is -0.137. The predicted molar refractivity (Wildman–Crippen MR) is 95.0 cm³/mol. The van der Waals surface area contributed by atoms with E-state index in [1.807, 2.05) is 0 Å². The number of nitrogens with zero attached hydrogens (tertiary/aromatic N) is 4. The first-order valence-corrected chi connectivity index (χ1v) is 8.10. The highest BCUT2D eigenvalue weighted by Gasteiger charge is 2.29. The van der Waals surface area contributed by atoms with Gasteiger partial charge in [-0.3, -0.25) is 0 Å². The maximum Gasteiger partial charge on any atom is 0.416 e. The second-order valence-electron chi connectivity index (χ2n) is 5.60. The smallest absolute Gasteiger partial charge is 0.416 e. The summed E-state index contributed by atoms with van der Waals surface area (Å²) in [6.07, 6.45) is -1.50. The lowest BCUT2D eigenvalue weighted by Gasteiger charge is -2.08. The summed E-state index contributed by atoms with van der Waals surface area (Å²) in [6.45, 7) is 0.268. The summed E-state index contributed by atoms with van der Waals surface area (Å²) in [5.41, 5.74) is 1.03. The van der Waals surface area contributed by atoms with Gasteiger partial charge in [-0.25, -0.2) is 4.98 Å². The van der Waals surface area contributed by atoms with Crippen molar-refractivity contribution in [3.05, 3.63) is 72.2 Å². The summed E-state index contributed by atoms with van der Waals surface area (Å²) in [7, 11) is 1.50. The molecule has 0 unspecified atom stereocenters. The summed E-state index contributed by atoms with van der Waals surface area (Å²) in [4.78, 5) is 7.85. The Morgan fingerprint density at radius 3 is 2.11 bits per heavy atom. The monoisotopic (exact) mass is 388 g/mol. The maximum absolute atomic E-state index is 12.5. The average molecular weight is 388 g/mol. The van der Waals surface area contributed by atoms with Gasteiger partial charge in [-0.2, -0.15) is 28.4 Å². The first-order chi connectivity index (χ1) is 13.5. The van der Waals surface area contributed by atoms with Gasteiger partial charge in [0.25, 0.3) is 5.88 Å². The van der Waals surface area contributed by atoms with Crippen LogP contribution in [-0.2, 0) is 12.8 Å². The molecule has 0 spiro atoms. The highest BCUT2D eigenvalue weighted by molar-refractivity contribution is 5.42. The first kappa shape index (κ1) is 19.3. The van der Waals surface area contributed by atoms with Gasteiger partial charge in [0.05, 0.1) is 30.2 Å². The zero-order valence-corrected chi connectivity index (χ0v) is 14.7. The molecule has 3 aromatic rings. The number of halogens is 3. The third kappa shape index (κ3) is 5.03. The van der Waals surface area contributed by atoms with Crippen molar-refractivity contribution in [1.29, 1.82) is 0 Å². The zero-order chi connectivity index (χ0) is 20.0. The second kappa shape index (κ2) is 8.47. The maximum atomic E-state index is 12.5. The van der Waals surface area contributed by atoms with Gasteiger partial charge in [0.2, 0.25) is 0 Å². The van der Waals surface area contributed by atoms with Gasteiger partial charge in [-0.15, -0.1) is 0 Å². The number of aromatic nitrogens is 2. The van der Waals surface area contributed by atoms with Crippen molar-refractivity contribution in [1.82, 2.24) is 9.97 Å². The van der Waals surface area contributed by atoms with Crippen LogP contribution in [0, 0.1) is 0 Å². The minimum absolute atomic E-state index is 0.268. The second-order valence-corrected chi connectivity index (χ2v) is 5.60. The van der Waals surface area contributed by atoms with E-state index in [4.69, 9.17) is 9.47 Å². The molecule has 144 valence electrons. The number of benzene rings is 2. The lowest BCUT2D eigenvalue weighted by Crippen LogP contribution is -2.03. The van der Waals surface area contributed by atoms with Crippen LogP contribution in [0.2, 0.25) is 0 Å². The summed E-state index contributed by atoms with van der Waals surface area (Å²) in [6, 6.07) is 11.5. The number of rotatable bonds is 6. The van der Waals surface area contributed by atoms with Gasteiger partial charge in [0.1, 0.15) is 12.9 Å². The fraction of sp³-hybridized carbons (Fsp3) is 0.158. The van der Waals surface area contributed by atoms with Crippen molar-refractivity contribution in [3.63, 3.8) is 0 Å². The van der Waals surface area contributed by atoms with E-state index in [0.717, 1.165) is 17.7 Å². The highest BCUT2D eigenvalue weighted by Crippen LogP contribution is 2.30. The summed E-state index contributed by atoms with van der Waals surface area (Å²) in [5.74, 6) is 0.771. The fourth-order valence-corrected chi connectivity index (χ4v) is 2.20. The molecule has 0 aliphatic rings. The van der Waals surface area contributed by atoms with Crippen LogP contribution in [0.4, 0.5) is 24.5 Å². The van der Waals surface area contributed by atoms with E-state index >= 15 is 0 Å². The van der Waals surface area contributed by atoms with E-state index in [9.17, 15) is 13.2 Å². The molecular weight excluding hydrogens is 373 g/mol. The van der Waals surface area contributed by atoms with Crippen LogP contribution in [0.1, 0.15) is 11.1 Å². The summed E-state index contributed by atoms with van der Waals surface area (Å²) < 4.78 is 48.3. The van der Waals surface area contributed by atoms with E-state index in [1.54, 1.807) is 24.3 Å². The number of ether oxygens (including phenoxy) is 2. The Labute approximate surface area is 158 Å². The van der Waals surface area contributed by atoms with Gasteiger partial charge < -0.3 is 9.47 Å². The Bertz CT molecular complexity index is 943. The van der Waals surface area contributed by atoms with Crippen LogP contribution in [0.5, 0.6) is 11.6 Å². The Kier molecular flexibility index (Phi) is 5.83. The van der Waals surface area contributed by atoms with Crippen molar-refractivity contribution in [2.75, 3.05) is 7.11 Å². The molecule has 0 saturated heterocycles. The normalized spacial score (nSPS) is 11.6. The molecule has 9 heteroatoms. The first-order valence-electron chi connectivity index (χ1n) is 8.10. The minimum atomic E-state index is -4.37. The van der Waals surface area contributed by atoms with Crippen molar-refractivity contribution in [2.24, 2.45) is 10.2 Å². The Balaban J connectivity index is 1.60. The molecule has 0 fully saturated rings. The molecule has 0 saturated carbocycles. The van der Waals surface area contributed by atoms with E-state index in [-0.39, 0.29) is 6.61 Å². The van der Waals surface area contributed by atoms with Crippen LogP contribution in [0.3, 0.4) is 0 Å². The van der Waals surface area contributed by atoms with E-state index < -0.39 is 11.7 Å². The molecule has 0 radical (unpaired) electrons. The Morgan fingerprint density at radius 1 is 0.929 bits per heavy atom. The number of hydrogen-bond donors (Lipinski definition) is 0. The van der Waals surface area contributed by atoms with E-state index in [2.05, 4.69) is 20.2 Å². The molecule has 1 heterocycles. The Hall–Kier alpha value is -3.49. The molecule has 28 heavy (non-hydrogen) atoms. The van der Waals surface area contributed by atoms with Crippen LogP contribution in [-0.4, -0.2) is 17.1 Å². The zero-order valence-electron chi connectivity index (χ0n) is 14.7. The average Bonchev–Trinajstić information content (AvgIpc) is 2.71. The lowest BCUT2D eigenvalue weighted by atomic mass is 10.2. The number of azo groups is 1. The topological polar surface area (TPSA) is 69.0 Å². The fourth-order valence-electron chi connectivity index (χ4n) is 2.20. The number of hydrogen-bond acceptors (Lipinski definition) is 6. The molecule has 0 aliphatic heterocycles. The van der Waals surface area contributed by atoms with Gasteiger partial charge in [-0.05, 0) is 42.0 Å². The van der Waals surface area contributed by atoms with Gasteiger partial charge in [0.15, 0.2) is 5.75 Å². The third-order valence-corrected chi connectivity index (χ3v) is 3.65. The third-order valence-electron chi connectivity index (χ3n) is 3.65. The molecule has 0 aliphatic carbocycles. The predicted octanol–water partition coefficient (Wildman–Crippen LogP) is 5.50. The molecule has 6 nitrogen and oxygen atoms in total. The van der Waals surface area contributed by atoms with Crippen molar-refractivity contribution < 1.29 is 22.6 Å². The van der Waals surface area contributed by atoms with Crippen LogP contribution in [0.15, 0.2) is 71.3 Å². The molecule has 1 aromatic heterocycles. The van der Waals surface area contributed by atoms with Crippen LogP contribution in [0.25, 0.3) is 0 Å². The summed E-state index contributed by atoms with van der Waals surface area (Å²) in [5, 5.41) is 7.96. The molecule has 0 amide bonds. The minimum Gasteiger partial charge on any atom is -0.490 e. The van der Waals surface area contributed by atoms with Crippen molar-refractivity contribution >= 4 is 11.4 Å². The molecule has 0 atom stereocenters. The molecule has 2 aromatic carbocycles. The van der Waals surface area contributed by atoms with Crippen molar-refractivity contribution in [2.45, 2.75) is 12.8 Å². The molecule has 3 rings (SSSR count). The molecule has 0 bridgehead atoms. The highest BCUT2D eigenvalue weighted by atomic mass is 19.4. The Morgan fingerprint density at radius 2 is 1.54 bits per heavy atom. The SMILES string of the molecule is COc1cncnc1OCc1ccc(N=Nc2ccc(C(F)(F)F)cc2)cc1. The van der Waals surface area contributed by atoms with E-state index in [1.165, 1.54) is 31.8 Å². The molecule has 0 N–H and O–H groups in total. The molecular formula is C19H15F3N4O2. The number of methoxy groups -OCH3 is 1. The van der Waals surface area contributed by atoms with Crippen LogP contribution < -0.4 is 9.47 Å². The largest absolute Gasteiger partial charge is 0.490 e.